The second-order valence-electron chi connectivity index (χ2n) is 6.90. The Hall–Kier alpha value is -0.0800. The maximum atomic E-state index is 6.31. The summed E-state index contributed by atoms with van der Waals surface area (Å²) in [4.78, 5) is 0. The molecule has 108 valence electrons. The summed E-state index contributed by atoms with van der Waals surface area (Å²) in [5, 5.41) is 3.65. The van der Waals surface area contributed by atoms with Gasteiger partial charge in [0.05, 0.1) is 5.60 Å². The lowest BCUT2D eigenvalue weighted by molar-refractivity contribution is -0.0724. The van der Waals surface area contributed by atoms with Crippen LogP contribution in [0, 0.1) is 0 Å². The molecule has 2 nitrogen and oxygen atoms in total. The van der Waals surface area contributed by atoms with Crippen LogP contribution in [0.5, 0.6) is 0 Å². The predicted octanol–water partition coefficient (Wildman–Crippen LogP) is 4.28. The molecule has 0 spiro atoms. The number of nitrogens with one attached hydrogen (secondary N) is 1. The van der Waals surface area contributed by atoms with Gasteiger partial charge in [-0.25, -0.2) is 0 Å². The monoisotopic (exact) mass is 255 g/mol. The first kappa shape index (κ1) is 16.0. The number of unbranched alkanes of at least 4 members (excludes halogenated alkanes) is 2. The maximum Gasteiger partial charge on any atom is 0.0806 e. The summed E-state index contributed by atoms with van der Waals surface area (Å²) in [6.45, 7) is 10.9. The topological polar surface area (TPSA) is 21.3 Å². The highest BCUT2D eigenvalue weighted by atomic mass is 16.5. The van der Waals surface area contributed by atoms with Crippen LogP contribution < -0.4 is 5.32 Å². The second-order valence-corrected chi connectivity index (χ2v) is 6.90. The van der Waals surface area contributed by atoms with Crippen LogP contribution in [-0.2, 0) is 4.74 Å². The fourth-order valence-electron chi connectivity index (χ4n) is 2.64. The lowest BCUT2D eigenvalue weighted by Crippen LogP contribution is -2.50. The molecule has 0 unspecified atom stereocenters. The first-order valence-electron chi connectivity index (χ1n) is 7.86. The minimum Gasteiger partial charge on any atom is -0.374 e. The van der Waals surface area contributed by atoms with Gasteiger partial charge < -0.3 is 10.1 Å². The number of hydrogen-bond acceptors (Lipinski definition) is 2. The fourth-order valence-corrected chi connectivity index (χ4v) is 2.64. The number of rotatable bonds is 7. The van der Waals surface area contributed by atoms with Gasteiger partial charge in [0, 0.05) is 18.7 Å². The highest BCUT2D eigenvalue weighted by Gasteiger charge is 2.33. The van der Waals surface area contributed by atoms with Crippen LogP contribution in [0.3, 0.4) is 0 Å². The summed E-state index contributed by atoms with van der Waals surface area (Å²) in [5.41, 5.74) is 0.316. The van der Waals surface area contributed by atoms with E-state index in [9.17, 15) is 0 Å². The Morgan fingerprint density at radius 3 is 2.28 bits per heavy atom. The van der Waals surface area contributed by atoms with E-state index in [4.69, 9.17) is 4.74 Å². The van der Waals surface area contributed by atoms with Gasteiger partial charge in [-0.3, -0.25) is 0 Å². The minimum atomic E-state index is 0.124. The zero-order valence-corrected chi connectivity index (χ0v) is 13.0. The van der Waals surface area contributed by atoms with Gasteiger partial charge >= 0.3 is 0 Å². The van der Waals surface area contributed by atoms with Crippen LogP contribution in [0.1, 0.15) is 79.1 Å². The molecule has 0 atom stereocenters. The van der Waals surface area contributed by atoms with E-state index in [1.54, 1.807) is 0 Å². The lowest BCUT2D eigenvalue weighted by Gasteiger charge is -2.39. The van der Waals surface area contributed by atoms with Crippen molar-refractivity contribution >= 4 is 0 Å². The third-order valence-electron chi connectivity index (χ3n) is 3.86. The van der Waals surface area contributed by atoms with Crippen molar-refractivity contribution in [3.05, 3.63) is 0 Å². The normalized spacial score (nSPS) is 20.0. The Morgan fingerprint density at radius 1 is 1.06 bits per heavy atom. The van der Waals surface area contributed by atoms with Crippen LogP contribution in [-0.4, -0.2) is 24.3 Å². The summed E-state index contributed by atoms with van der Waals surface area (Å²) >= 11 is 0. The summed E-state index contributed by atoms with van der Waals surface area (Å²) in [6, 6.07) is 0. The van der Waals surface area contributed by atoms with Gasteiger partial charge in [0.2, 0.25) is 0 Å². The molecule has 1 fully saturated rings. The SMILES string of the molecule is CCCCCOC1(CNC(C)(C)C)CCCCC1. The quantitative estimate of drug-likeness (QED) is 0.685. The van der Waals surface area contributed by atoms with E-state index in [2.05, 4.69) is 33.0 Å². The second kappa shape index (κ2) is 7.49. The molecule has 18 heavy (non-hydrogen) atoms. The predicted molar refractivity (Wildman–Crippen MR) is 79.0 cm³/mol. The molecular weight excluding hydrogens is 222 g/mol. The van der Waals surface area contributed by atoms with Crippen LogP contribution in [0.25, 0.3) is 0 Å². The highest BCUT2D eigenvalue weighted by Crippen LogP contribution is 2.31. The Bertz CT molecular complexity index is 214. The van der Waals surface area contributed by atoms with Crippen molar-refractivity contribution in [2.75, 3.05) is 13.2 Å². The van der Waals surface area contributed by atoms with Crippen molar-refractivity contribution in [2.24, 2.45) is 0 Å². The van der Waals surface area contributed by atoms with E-state index in [0.717, 1.165) is 13.2 Å². The Kier molecular flexibility index (Phi) is 6.65. The molecule has 0 aromatic heterocycles. The zero-order chi connectivity index (χ0) is 13.5. The van der Waals surface area contributed by atoms with Gasteiger partial charge in [-0.1, -0.05) is 39.0 Å². The average molecular weight is 255 g/mol. The van der Waals surface area contributed by atoms with Gasteiger partial charge in [-0.2, -0.15) is 0 Å². The van der Waals surface area contributed by atoms with Gasteiger partial charge in [0.25, 0.3) is 0 Å². The van der Waals surface area contributed by atoms with E-state index in [1.807, 2.05) is 0 Å². The molecule has 0 heterocycles. The molecule has 1 rings (SSSR count). The molecule has 1 aliphatic rings. The standard InChI is InChI=1S/C16H33NO/c1-5-6-10-13-18-16(11-8-7-9-12-16)14-17-15(2,3)4/h17H,5-14H2,1-4H3. The number of ether oxygens (including phenoxy) is 1. The summed E-state index contributed by atoms with van der Waals surface area (Å²) in [5.74, 6) is 0. The molecule has 1 saturated carbocycles. The molecule has 0 saturated heterocycles. The Morgan fingerprint density at radius 2 is 1.72 bits per heavy atom. The van der Waals surface area contributed by atoms with Crippen molar-refractivity contribution in [1.29, 1.82) is 0 Å². The van der Waals surface area contributed by atoms with Crippen LogP contribution in [0.4, 0.5) is 0 Å². The molecule has 0 bridgehead atoms. The molecule has 1 aliphatic carbocycles. The summed E-state index contributed by atoms with van der Waals surface area (Å²) in [6.07, 6.45) is 10.3. The van der Waals surface area contributed by atoms with Crippen molar-refractivity contribution < 1.29 is 4.74 Å². The van der Waals surface area contributed by atoms with Crippen molar-refractivity contribution in [3.63, 3.8) is 0 Å². The molecule has 0 radical (unpaired) electrons. The third kappa shape index (κ3) is 6.19. The van der Waals surface area contributed by atoms with Crippen molar-refractivity contribution in [1.82, 2.24) is 5.32 Å². The maximum absolute atomic E-state index is 6.31. The molecule has 0 aliphatic heterocycles. The van der Waals surface area contributed by atoms with Gasteiger partial charge in [-0.15, -0.1) is 0 Å². The summed E-state index contributed by atoms with van der Waals surface area (Å²) < 4.78 is 6.31. The number of hydrogen-bond donors (Lipinski definition) is 1. The first-order chi connectivity index (χ1) is 8.47. The highest BCUT2D eigenvalue weighted by molar-refractivity contribution is 4.89. The third-order valence-corrected chi connectivity index (χ3v) is 3.86. The average Bonchev–Trinajstić information content (AvgIpc) is 2.33. The zero-order valence-electron chi connectivity index (χ0n) is 13.0. The lowest BCUT2D eigenvalue weighted by atomic mass is 9.84. The van der Waals surface area contributed by atoms with Crippen LogP contribution in [0.15, 0.2) is 0 Å². The first-order valence-corrected chi connectivity index (χ1v) is 7.86. The molecule has 0 aromatic carbocycles. The largest absolute Gasteiger partial charge is 0.374 e. The van der Waals surface area contributed by atoms with E-state index in [1.165, 1.54) is 51.4 Å². The van der Waals surface area contributed by atoms with E-state index >= 15 is 0 Å². The van der Waals surface area contributed by atoms with E-state index < -0.39 is 0 Å². The molecule has 1 N–H and O–H groups in total. The van der Waals surface area contributed by atoms with Crippen molar-refractivity contribution in [3.8, 4) is 0 Å². The molecule has 0 aromatic rings. The molecular formula is C16H33NO. The van der Waals surface area contributed by atoms with Crippen LogP contribution in [0.2, 0.25) is 0 Å². The summed E-state index contributed by atoms with van der Waals surface area (Å²) in [7, 11) is 0. The van der Waals surface area contributed by atoms with Gasteiger partial charge in [0.15, 0.2) is 0 Å². The smallest absolute Gasteiger partial charge is 0.0806 e. The van der Waals surface area contributed by atoms with E-state index in [-0.39, 0.29) is 11.1 Å². The minimum absolute atomic E-state index is 0.124. The Balaban J connectivity index is 2.41. The van der Waals surface area contributed by atoms with E-state index in [0.29, 0.717) is 0 Å². The van der Waals surface area contributed by atoms with Gasteiger partial charge in [-0.05, 0) is 40.0 Å². The van der Waals surface area contributed by atoms with Gasteiger partial charge in [0.1, 0.15) is 0 Å². The molecule has 2 heteroatoms. The Labute approximate surface area is 114 Å². The fraction of sp³-hybridized carbons (Fsp3) is 1.00. The van der Waals surface area contributed by atoms with Crippen molar-refractivity contribution in [2.45, 2.75) is 90.2 Å². The van der Waals surface area contributed by atoms with Crippen LogP contribution >= 0.6 is 0 Å². The molecule has 0 amide bonds.